The molecule has 8 nitrogen and oxygen atoms in total. The number of carbonyl (C=O) groups is 1. The third-order valence-electron chi connectivity index (χ3n) is 6.86. The molecule has 200 valence electrons. The van der Waals surface area contributed by atoms with Crippen molar-refractivity contribution in [2.24, 2.45) is 7.05 Å². The smallest absolute Gasteiger partial charge is 0.262 e. The van der Waals surface area contributed by atoms with Gasteiger partial charge in [-0.1, -0.05) is 11.6 Å². The molecule has 1 aromatic heterocycles. The number of piperazine rings is 1. The molecule has 0 radical (unpaired) electrons. The Hall–Kier alpha value is -1.86. The molecule has 1 aromatic carbocycles. The zero-order chi connectivity index (χ0) is 25.4. The molecule has 1 aliphatic carbocycles. The van der Waals surface area contributed by atoms with Gasteiger partial charge >= 0.3 is 0 Å². The molecule has 0 spiro atoms. The van der Waals surface area contributed by atoms with Gasteiger partial charge in [0.25, 0.3) is 15.9 Å². The van der Waals surface area contributed by atoms with Crippen LogP contribution in [0.4, 0.5) is 13.2 Å². The number of carbonyl (C=O) groups excluding carboxylic acids is 1. The third-order valence-corrected chi connectivity index (χ3v) is 8.88. The van der Waals surface area contributed by atoms with Crippen molar-refractivity contribution in [1.82, 2.24) is 24.1 Å². The summed E-state index contributed by atoms with van der Waals surface area (Å²) in [5, 5.41) is 2.82. The van der Waals surface area contributed by atoms with Crippen molar-refractivity contribution in [3.63, 3.8) is 0 Å². The predicted octanol–water partition coefficient (Wildman–Crippen LogP) is 3.32. The summed E-state index contributed by atoms with van der Waals surface area (Å²) in [5.41, 5.74) is -0.974. The van der Waals surface area contributed by atoms with E-state index >= 15 is 0 Å². The lowest BCUT2D eigenvalue weighted by molar-refractivity contribution is -0.0856. The fraction of sp³-hybridized carbons (Fsp3) is 0.545. The average molecular weight is 570 g/mol. The summed E-state index contributed by atoms with van der Waals surface area (Å²) in [6.45, 7) is 0.982. The molecule has 1 saturated carbocycles. The highest BCUT2D eigenvalue weighted by Gasteiger charge is 2.48. The van der Waals surface area contributed by atoms with Gasteiger partial charge in [-0.15, -0.1) is 12.4 Å². The number of benzene rings is 1. The van der Waals surface area contributed by atoms with Crippen LogP contribution in [0.5, 0.6) is 0 Å². The molecule has 1 amide bonds. The van der Waals surface area contributed by atoms with Crippen LogP contribution in [0.2, 0.25) is 5.02 Å². The van der Waals surface area contributed by atoms with E-state index in [2.05, 4.69) is 10.3 Å². The predicted molar refractivity (Wildman–Crippen MR) is 131 cm³/mol. The first-order chi connectivity index (χ1) is 16.4. The largest absolute Gasteiger partial charge is 0.350 e. The highest BCUT2D eigenvalue weighted by Crippen LogP contribution is 2.42. The maximum absolute atomic E-state index is 14.2. The van der Waals surface area contributed by atoms with E-state index < -0.39 is 33.2 Å². The van der Waals surface area contributed by atoms with E-state index in [-0.39, 0.29) is 73.3 Å². The number of nitrogens with zero attached hydrogens (tertiary/aromatic N) is 4. The molecule has 0 unspecified atom stereocenters. The molecule has 1 aliphatic heterocycles. The van der Waals surface area contributed by atoms with Gasteiger partial charge in [0, 0.05) is 69.4 Å². The van der Waals surface area contributed by atoms with E-state index in [9.17, 15) is 26.4 Å². The zero-order valence-corrected chi connectivity index (χ0v) is 22.0. The quantitative estimate of drug-likeness (QED) is 0.576. The standard InChI is InChI=1S/C22H27ClF3N5O3S.ClH/c1-29-13-19(28-15-29)35(33,34)31-10-8-30(9-11-31)21(4-6-22(25,26)7-5-21)14-27-20(32)17-3-2-16(23)12-18(17)24;/h2-3,12-13,15H,4-11,14H2,1H3,(H,27,32);1H. The van der Waals surface area contributed by atoms with Gasteiger partial charge < -0.3 is 9.88 Å². The number of aryl methyl sites for hydroxylation is 1. The Morgan fingerprint density at radius 3 is 2.33 bits per heavy atom. The average Bonchev–Trinajstić information content (AvgIpc) is 3.26. The molecule has 4 rings (SSSR count). The van der Waals surface area contributed by atoms with Crippen molar-refractivity contribution >= 4 is 39.9 Å². The van der Waals surface area contributed by atoms with Crippen molar-refractivity contribution in [2.75, 3.05) is 32.7 Å². The van der Waals surface area contributed by atoms with Crippen LogP contribution in [0.15, 0.2) is 35.7 Å². The molecular weight excluding hydrogens is 542 g/mol. The number of sulfonamides is 1. The molecule has 2 heterocycles. The first-order valence-corrected chi connectivity index (χ1v) is 13.1. The molecule has 0 atom stereocenters. The number of hydrogen-bond acceptors (Lipinski definition) is 5. The normalized spacial score (nSPS) is 20.5. The van der Waals surface area contributed by atoms with Crippen LogP contribution in [-0.4, -0.2) is 77.3 Å². The third kappa shape index (κ3) is 5.99. The molecule has 36 heavy (non-hydrogen) atoms. The van der Waals surface area contributed by atoms with Crippen molar-refractivity contribution < 1.29 is 26.4 Å². The molecule has 0 bridgehead atoms. The lowest BCUT2D eigenvalue weighted by atomic mass is 9.78. The Morgan fingerprint density at radius 1 is 1.14 bits per heavy atom. The SMILES string of the molecule is Cl.Cn1cnc(S(=O)(=O)N2CCN(C3(CNC(=O)c4ccc(Cl)cc4F)CCC(F)(F)CC3)CC2)c1. The Balaban J connectivity index is 0.00000361. The maximum atomic E-state index is 14.2. The molecule has 2 aliphatic rings. The second-order valence-electron chi connectivity index (χ2n) is 9.16. The van der Waals surface area contributed by atoms with Gasteiger partial charge in [-0.25, -0.2) is 26.6 Å². The van der Waals surface area contributed by atoms with Crippen LogP contribution < -0.4 is 5.32 Å². The number of imidazole rings is 1. The minimum absolute atomic E-state index is 0. The summed E-state index contributed by atoms with van der Waals surface area (Å²) < 4.78 is 70.9. The van der Waals surface area contributed by atoms with E-state index in [4.69, 9.17) is 11.6 Å². The molecule has 2 fully saturated rings. The Labute approximate surface area is 219 Å². The number of alkyl halides is 2. The highest BCUT2D eigenvalue weighted by molar-refractivity contribution is 7.89. The van der Waals surface area contributed by atoms with E-state index in [1.807, 2.05) is 4.90 Å². The molecule has 2 aromatic rings. The first-order valence-electron chi connectivity index (χ1n) is 11.3. The summed E-state index contributed by atoms with van der Waals surface area (Å²) in [4.78, 5) is 18.6. The van der Waals surface area contributed by atoms with Gasteiger partial charge in [0.1, 0.15) is 5.82 Å². The van der Waals surface area contributed by atoms with Gasteiger partial charge in [0.15, 0.2) is 5.03 Å². The molecule has 1 saturated heterocycles. The molecule has 1 N–H and O–H groups in total. The lowest BCUT2D eigenvalue weighted by Crippen LogP contribution is -2.63. The number of rotatable bonds is 6. The number of hydrogen-bond donors (Lipinski definition) is 1. The maximum Gasteiger partial charge on any atom is 0.262 e. The Morgan fingerprint density at radius 2 is 1.78 bits per heavy atom. The number of nitrogens with one attached hydrogen (secondary N) is 1. The number of amides is 1. The summed E-state index contributed by atoms with van der Waals surface area (Å²) >= 11 is 5.75. The zero-order valence-electron chi connectivity index (χ0n) is 19.6. The van der Waals surface area contributed by atoms with Crippen LogP contribution in [0.1, 0.15) is 36.0 Å². The Kier molecular flexibility index (Phi) is 8.66. The highest BCUT2D eigenvalue weighted by atomic mass is 35.5. The van der Waals surface area contributed by atoms with Gasteiger partial charge in [0.05, 0.1) is 11.9 Å². The van der Waals surface area contributed by atoms with Gasteiger partial charge in [-0.3, -0.25) is 9.69 Å². The van der Waals surface area contributed by atoms with E-state index in [1.54, 1.807) is 11.6 Å². The van der Waals surface area contributed by atoms with Gasteiger partial charge in [-0.05, 0) is 31.0 Å². The van der Waals surface area contributed by atoms with E-state index in [0.717, 1.165) is 6.07 Å². The first kappa shape index (κ1) is 28.7. The minimum Gasteiger partial charge on any atom is -0.350 e. The molecular formula is C22H28Cl2F3N5O3S. The van der Waals surface area contributed by atoms with E-state index in [0.29, 0.717) is 13.1 Å². The second-order valence-corrected chi connectivity index (χ2v) is 11.5. The topological polar surface area (TPSA) is 87.5 Å². The number of halogens is 5. The Bertz CT molecular complexity index is 1190. The lowest BCUT2D eigenvalue weighted by Gasteiger charge is -2.50. The monoisotopic (exact) mass is 569 g/mol. The molecule has 14 heteroatoms. The summed E-state index contributed by atoms with van der Waals surface area (Å²) in [6.07, 6.45) is 2.40. The van der Waals surface area contributed by atoms with Crippen LogP contribution >= 0.6 is 24.0 Å². The van der Waals surface area contributed by atoms with Crippen molar-refractivity contribution in [1.29, 1.82) is 0 Å². The van der Waals surface area contributed by atoms with Crippen molar-refractivity contribution in [3.8, 4) is 0 Å². The van der Waals surface area contributed by atoms with Crippen molar-refractivity contribution in [3.05, 3.63) is 47.1 Å². The van der Waals surface area contributed by atoms with Crippen LogP contribution in [0.3, 0.4) is 0 Å². The summed E-state index contributed by atoms with van der Waals surface area (Å²) in [5.74, 6) is -4.22. The fourth-order valence-electron chi connectivity index (χ4n) is 4.76. The van der Waals surface area contributed by atoms with Gasteiger partial charge in [0.2, 0.25) is 5.92 Å². The summed E-state index contributed by atoms with van der Waals surface area (Å²) in [7, 11) is -2.09. The van der Waals surface area contributed by atoms with Gasteiger partial charge in [-0.2, -0.15) is 4.31 Å². The van der Waals surface area contributed by atoms with Crippen molar-refractivity contribution in [2.45, 2.75) is 42.2 Å². The minimum atomic E-state index is -3.77. The van der Waals surface area contributed by atoms with Crippen LogP contribution in [0, 0.1) is 5.82 Å². The number of aromatic nitrogens is 2. The van der Waals surface area contributed by atoms with E-state index in [1.165, 1.54) is 29.0 Å². The summed E-state index contributed by atoms with van der Waals surface area (Å²) in [6, 6.07) is 3.71. The fourth-order valence-corrected chi connectivity index (χ4v) is 6.30. The van der Waals surface area contributed by atoms with Crippen LogP contribution in [-0.2, 0) is 17.1 Å². The van der Waals surface area contributed by atoms with Crippen LogP contribution in [0.25, 0.3) is 0 Å². The second kappa shape index (κ2) is 10.9.